The molecule has 0 saturated carbocycles. The maximum absolute atomic E-state index is 11.0. The molecule has 0 unspecified atom stereocenters. The predicted molar refractivity (Wildman–Crippen MR) is 100 cm³/mol. The van der Waals surface area contributed by atoms with E-state index in [0.29, 0.717) is 40.7 Å². The van der Waals surface area contributed by atoms with Crippen LogP contribution in [0.5, 0.6) is 5.75 Å². The summed E-state index contributed by atoms with van der Waals surface area (Å²) < 4.78 is 17.0. The molecule has 1 aliphatic heterocycles. The third kappa shape index (κ3) is 2.80. The number of benzene rings is 2. The van der Waals surface area contributed by atoms with E-state index in [9.17, 15) is 4.79 Å². The van der Waals surface area contributed by atoms with E-state index < -0.39 is 0 Å². The first-order valence-corrected chi connectivity index (χ1v) is 8.05. The number of furan rings is 1. The van der Waals surface area contributed by atoms with Gasteiger partial charge in [-0.05, 0) is 23.8 Å². The molecule has 128 valence electrons. The van der Waals surface area contributed by atoms with Crippen LogP contribution in [0.3, 0.4) is 0 Å². The highest BCUT2D eigenvalue weighted by Crippen LogP contribution is 2.43. The van der Waals surface area contributed by atoms with E-state index in [1.54, 1.807) is 19.3 Å². The molecule has 1 aromatic heterocycles. The monoisotopic (exact) mass is 345 g/mol. The van der Waals surface area contributed by atoms with Crippen LogP contribution in [0, 0.1) is 0 Å². The van der Waals surface area contributed by atoms with E-state index in [2.05, 4.69) is 4.99 Å². The molecule has 26 heavy (non-hydrogen) atoms. The Kier molecular flexibility index (Phi) is 4.11. The van der Waals surface area contributed by atoms with Gasteiger partial charge >= 0.3 is 0 Å². The van der Waals surface area contributed by atoms with Gasteiger partial charge in [-0.1, -0.05) is 36.4 Å². The first kappa shape index (κ1) is 15.9. The van der Waals surface area contributed by atoms with Crippen LogP contribution in [0.15, 0.2) is 70.1 Å². The van der Waals surface area contributed by atoms with Crippen molar-refractivity contribution in [3.8, 4) is 5.75 Å². The Hall–Kier alpha value is -3.60. The second-order valence-electron chi connectivity index (χ2n) is 5.58. The third-order valence-corrected chi connectivity index (χ3v) is 3.97. The molecule has 0 N–H and O–H groups in total. The van der Waals surface area contributed by atoms with E-state index in [0.717, 1.165) is 10.9 Å². The minimum atomic E-state index is 0.316. The van der Waals surface area contributed by atoms with Crippen molar-refractivity contribution in [3.05, 3.63) is 72.0 Å². The molecule has 4 rings (SSSR count). The van der Waals surface area contributed by atoms with Crippen LogP contribution in [0.25, 0.3) is 22.8 Å². The highest BCUT2D eigenvalue weighted by molar-refractivity contribution is 6.07. The van der Waals surface area contributed by atoms with Crippen LogP contribution in [0.4, 0.5) is 5.69 Å². The number of aldehydes is 1. The van der Waals surface area contributed by atoms with Crippen molar-refractivity contribution in [2.75, 3.05) is 7.11 Å². The number of rotatable bonds is 4. The molecule has 1 aliphatic rings. The second kappa shape index (κ2) is 6.72. The number of carbonyl (C=O) groups is 1. The van der Waals surface area contributed by atoms with E-state index in [1.807, 2.05) is 48.5 Å². The third-order valence-electron chi connectivity index (χ3n) is 3.97. The molecule has 3 aromatic rings. The van der Waals surface area contributed by atoms with Gasteiger partial charge in [0.25, 0.3) is 0 Å². The number of fused-ring (bicyclic) bond motifs is 3. The zero-order chi connectivity index (χ0) is 17.9. The summed E-state index contributed by atoms with van der Waals surface area (Å²) in [7, 11) is 1.58. The molecule has 0 amide bonds. The largest absolute Gasteiger partial charge is 0.493 e. The first-order valence-electron chi connectivity index (χ1n) is 8.05. The van der Waals surface area contributed by atoms with Gasteiger partial charge in [0.1, 0.15) is 12.0 Å². The summed E-state index contributed by atoms with van der Waals surface area (Å²) >= 11 is 0. The topological polar surface area (TPSA) is 61.0 Å². The summed E-state index contributed by atoms with van der Waals surface area (Å²) in [6.45, 7) is 0. The van der Waals surface area contributed by atoms with Crippen molar-refractivity contribution in [2.45, 2.75) is 0 Å². The molecule has 0 fully saturated rings. The summed E-state index contributed by atoms with van der Waals surface area (Å²) in [6.07, 6.45) is 5.63. The molecule has 0 aliphatic carbocycles. The fourth-order valence-corrected chi connectivity index (χ4v) is 2.79. The molecule has 0 saturated heterocycles. The number of para-hydroxylation sites is 1. The van der Waals surface area contributed by atoms with Crippen molar-refractivity contribution in [1.29, 1.82) is 0 Å². The van der Waals surface area contributed by atoms with Crippen LogP contribution in [-0.2, 0) is 9.53 Å². The molecule has 5 heteroatoms. The van der Waals surface area contributed by atoms with Gasteiger partial charge < -0.3 is 13.9 Å². The summed E-state index contributed by atoms with van der Waals surface area (Å²) in [4.78, 5) is 15.6. The lowest BCUT2D eigenvalue weighted by atomic mass is 10.2. The quantitative estimate of drug-likeness (QED) is 0.505. The summed E-state index contributed by atoms with van der Waals surface area (Å²) in [5, 5.41) is 0.796. The van der Waals surface area contributed by atoms with Gasteiger partial charge in [0.15, 0.2) is 22.9 Å². The molecule has 2 heterocycles. The Morgan fingerprint density at radius 2 is 1.88 bits per heavy atom. The Bertz CT molecular complexity index is 1060. The number of ether oxygens (including phenoxy) is 2. The van der Waals surface area contributed by atoms with Gasteiger partial charge in [0, 0.05) is 12.2 Å². The smallest absolute Gasteiger partial charge is 0.220 e. The highest BCUT2D eigenvalue weighted by atomic mass is 16.5. The number of hydrogen-bond donors (Lipinski definition) is 0. The molecule has 0 spiro atoms. The van der Waals surface area contributed by atoms with E-state index in [1.165, 1.54) is 6.08 Å². The average molecular weight is 345 g/mol. The molecule has 2 aromatic carbocycles. The Morgan fingerprint density at radius 3 is 2.65 bits per heavy atom. The standard InChI is InChI=1S/C21H15NO4/c1-24-16-9-5-8-15-19-21(26-20(15)16)17(12-13-23)25-18(22-19)11-10-14-6-3-2-4-7-14/h2-13H,1H3/b11-10+,17-12-. The van der Waals surface area contributed by atoms with Crippen LogP contribution in [0.2, 0.25) is 0 Å². The fraction of sp³-hybridized carbons (Fsp3) is 0.0476. The van der Waals surface area contributed by atoms with Crippen molar-refractivity contribution in [1.82, 2.24) is 0 Å². The second-order valence-corrected chi connectivity index (χ2v) is 5.58. The Labute approximate surface area is 149 Å². The van der Waals surface area contributed by atoms with Crippen LogP contribution in [0.1, 0.15) is 11.3 Å². The van der Waals surface area contributed by atoms with Crippen molar-refractivity contribution >= 4 is 40.7 Å². The number of aliphatic imine (C=N–C) groups is 1. The minimum Gasteiger partial charge on any atom is -0.493 e. The lowest BCUT2D eigenvalue weighted by Gasteiger charge is -2.12. The van der Waals surface area contributed by atoms with Gasteiger partial charge in [-0.25, -0.2) is 4.99 Å². The Morgan fingerprint density at radius 1 is 1.04 bits per heavy atom. The zero-order valence-corrected chi connectivity index (χ0v) is 14.0. The first-order chi connectivity index (χ1) is 12.8. The van der Waals surface area contributed by atoms with Gasteiger partial charge in [-0.15, -0.1) is 0 Å². The van der Waals surface area contributed by atoms with Crippen LogP contribution in [-0.4, -0.2) is 19.3 Å². The predicted octanol–water partition coefficient (Wildman–Crippen LogP) is 4.75. The van der Waals surface area contributed by atoms with Gasteiger partial charge in [-0.3, -0.25) is 4.79 Å². The number of hydrogen-bond acceptors (Lipinski definition) is 5. The van der Waals surface area contributed by atoms with Gasteiger partial charge in [0.05, 0.1) is 12.5 Å². The van der Waals surface area contributed by atoms with E-state index in [-0.39, 0.29) is 0 Å². The molecule has 0 radical (unpaired) electrons. The van der Waals surface area contributed by atoms with E-state index >= 15 is 0 Å². The maximum atomic E-state index is 11.0. The minimum absolute atomic E-state index is 0.316. The number of carbonyl (C=O) groups excluding carboxylic acids is 1. The fourth-order valence-electron chi connectivity index (χ4n) is 2.79. The molecular weight excluding hydrogens is 330 g/mol. The zero-order valence-electron chi connectivity index (χ0n) is 14.0. The van der Waals surface area contributed by atoms with Crippen molar-refractivity contribution in [2.24, 2.45) is 4.99 Å². The molecule has 5 nitrogen and oxygen atoms in total. The summed E-state index contributed by atoms with van der Waals surface area (Å²) in [5.74, 6) is 1.70. The Balaban J connectivity index is 1.84. The summed E-state index contributed by atoms with van der Waals surface area (Å²) in [5.41, 5.74) is 2.20. The summed E-state index contributed by atoms with van der Waals surface area (Å²) in [6, 6.07) is 15.4. The van der Waals surface area contributed by atoms with E-state index in [4.69, 9.17) is 13.9 Å². The highest BCUT2D eigenvalue weighted by Gasteiger charge is 2.26. The van der Waals surface area contributed by atoms with Gasteiger partial charge in [-0.2, -0.15) is 0 Å². The average Bonchev–Trinajstić information content (AvgIpc) is 3.06. The number of methoxy groups -OCH3 is 1. The normalized spacial score (nSPS) is 15.0. The number of nitrogens with zero attached hydrogens (tertiary/aromatic N) is 1. The lowest BCUT2D eigenvalue weighted by Crippen LogP contribution is -2.05. The maximum Gasteiger partial charge on any atom is 0.220 e. The van der Waals surface area contributed by atoms with Crippen molar-refractivity contribution < 1.29 is 18.7 Å². The molecular formula is C21H15NO4. The lowest BCUT2D eigenvalue weighted by molar-refractivity contribution is -0.104. The van der Waals surface area contributed by atoms with Crippen LogP contribution >= 0.6 is 0 Å². The molecule has 0 bridgehead atoms. The van der Waals surface area contributed by atoms with Gasteiger partial charge in [0.2, 0.25) is 5.90 Å². The molecule has 0 atom stereocenters. The SMILES string of the molecule is COc1cccc2c3c(oc12)/C(=C/C=O)OC(/C=C/c1ccccc1)=N3. The number of allylic oxidation sites excluding steroid dienone is 1. The van der Waals surface area contributed by atoms with Crippen LogP contribution < -0.4 is 4.74 Å². The van der Waals surface area contributed by atoms with Crippen molar-refractivity contribution in [3.63, 3.8) is 0 Å².